The molecule has 6 N–H and O–H groups in total. The molecule has 0 spiro atoms. The second-order valence-corrected chi connectivity index (χ2v) is 19.0. The first-order valence-corrected chi connectivity index (χ1v) is 27.2. The number of nitrogens with one attached hydrogen (secondary N) is 1. The van der Waals surface area contributed by atoms with E-state index in [1.165, 1.54) is 193 Å². The maximum absolute atomic E-state index is 13.0. The van der Waals surface area contributed by atoms with Crippen molar-refractivity contribution >= 4 is 5.91 Å². The zero-order chi connectivity index (χ0) is 46.6. The number of unbranched alkanes of at least 4 members (excludes halogenated alkanes) is 32. The number of allylic oxidation sites excluding steroid dienone is 5. The Morgan fingerprint density at radius 3 is 1.31 bits per heavy atom. The highest BCUT2D eigenvalue weighted by Gasteiger charge is 2.44. The number of aliphatic hydroxyl groups excluding tert-OH is 5. The number of rotatable bonds is 46. The molecule has 1 heterocycles. The van der Waals surface area contributed by atoms with Gasteiger partial charge in [-0.3, -0.25) is 4.79 Å². The van der Waals surface area contributed by atoms with Crippen molar-refractivity contribution < 1.29 is 39.8 Å². The lowest BCUT2D eigenvalue weighted by Crippen LogP contribution is -2.60. The topological polar surface area (TPSA) is 149 Å². The zero-order valence-corrected chi connectivity index (χ0v) is 41.5. The van der Waals surface area contributed by atoms with E-state index in [0.717, 1.165) is 38.5 Å². The first-order valence-electron chi connectivity index (χ1n) is 27.2. The molecule has 376 valence electrons. The van der Waals surface area contributed by atoms with E-state index in [9.17, 15) is 30.3 Å². The summed E-state index contributed by atoms with van der Waals surface area (Å²) in [5, 5.41) is 54.3. The molecule has 7 unspecified atom stereocenters. The summed E-state index contributed by atoms with van der Waals surface area (Å²) in [6.45, 7) is 3.77. The number of carbonyl (C=O) groups excluding carboxylic acids is 1. The van der Waals surface area contributed by atoms with Gasteiger partial charge in [-0.05, 0) is 57.8 Å². The Labute approximate surface area is 393 Å². The van der Waals surface area contributed by atoms with Crippen LogP contribution in [0.3, 0.4) is 0 Å². The van der Waals surface area contributed by atoms with Crippen LogP contribution in [0.5, 0.6) is 0 Å². The molecule has 0 bridgehead atoms. The van der Waals surface area contributed by atoms with Gasteiger partial charge >= 0.3 is 0 Å². The van der Waals surface area contributed by atoms with Crippen LogP contribution < -0.4 is 5.32 Å². The minimum absolute atomic E-state index is 0.187. The Morgan fingerprint density at radius 2 is 0.891 bits per heavy atom. The number of carbonyl (C=O) groups is 1. The molecule has 64 heavy (non-hydrogen) atoms. The van der Waals surface area contributed by atoms with Crippen molar-refractivity contribution in [2.75, 3.05) is 13.2 Å². The first kappa shape index (κ1) is 60.4. The number of ether oxygens (including phenoxy) is 2. The average molecular weight is 906 g/mol. The molecule has 1 saturated heterocycles. The van der Waals surface area contributed by atoms with Crippen molar-refractivity contribution in [3.05, 3.63) is 36.5 Å². The van der Waals surface area contributed by atoms with Crippen molar-refractivity contribution in [1.29, 1.82) is 0 Å². The lowest BCUT2D eigenvalue weighted by molar-refractivity contribution is -0.302. The maximum atomic E-state index is 13.0. The molecule has 0 aromatic carbocycles. The third-order valence-corrected chi connectivity index (χ3v) is 12.9. The molecule has 1 amide bonds. The predicted octanol–water partition coefficient (Wildman–Crippen LogP) is 12.8. The average Bonchev–Trinajstić information content (AvgIpc) is 3.29. The van der Waals surface area contributed by atoms with Gasteiger partial charge in [-0.15, -0.1) is 0 Å². The summed E-state index contributed by atoms with van der Waals surface area (Å²) < 4.78 is 11.2. The van der Waals surface area contributed by atoms with E-state index in [1.54, 1.807) is 6.08 Å². The summed E-state index contributed by atoms with van der Waals surface area (Å²) in [5.41, 5.74) is 0. The summed E-state index contributed by atoms with van der Waals surface area (Å²) >= 11 is 0. The summed E-state index contributed by atoms with van der Waals surface area (Å²) in [6.07, 6.45) is 50.7. The van der Waals surface area contributed by atoms with Crippen LogP contribution >= 0.6 is 0 Å². The van der Waals surface area contributed by atoms with Gasteiger partial charge in [0.05, 0.1) is 25.4 Å². The van der Waals surface area contributed by atoms with E-state index in [-0.39, 0.29) is 12.5 Å². The molecule has 0 aliphatic carbocycles. The molecule has 9 heteroatoms. The van der Waals surface area contributed by atoms with E-state index in [1.807, 2.05) is 6.08 Å². The third kappa shape index (κ3) is 34.7. The van der Waals surface area contributed by atoms with Crippen molar-refractivity contribution in [3.8, 4) is 0 Å². The zero-order valence-electron chi connectivity index (χ0n) is 41.5. The minimum atomic E-state index is -1.57. The quantitative estimate of drug-likeness (QED) is 0.0261. The van der Waals surface area contributed by atoms with Gasteiger partial charge in [-0.2, -0.15) is 0 Å². The Bertz CT molecular complexity index is 1100. The Balaban J connectivity index is 2.23. The molecule has 1 aliphatic heterocycles. The monoisotopic (exact) mass is 906 g/mol. The van der Waals surface area contributed by atoms with Crippen LogP contribution in [-0.4, -0.2) is 87.5 Å². The molecule has 7 atom stereocenters. The molecular formula is C55H103NO8. The van der Waals surface area contributed by atoms with Gasteiger partial charge in [-0.25, -0.2) is 0 Å². The molecule has 1 aliphatic rings. The smallest absolute Gasteiger partial charge is 0.220 e. The van der Waals surface area contributed by atoms with E-state index in [0.29, 0.717) is 6.42 Å². The second-order valence-electron chi connectivity index (χ2n) is 19.0. The van der Waals surface area contributed by atoms with Crippen LogP contribution in [0.15, 0.2) is 36.5 Å². The lowest BCUT2D eigenvalue weighted by Gasteiger charge is -2.40. The fourth-order valence-electron chi connectivity index (χ4n) is 8.58. The molecule has 0 aromatic rings. The Morgan fingerprint density at radius 1 is 0.516 bits per heavy atom. The highest BCUT2D eigenvalue weighted by Crippen LogP contribution is 2.23. The van der Waals surface area contributed by atoms with Gasteiger partial charge in [0.1, 0.15) is 24.4 Å². The maximum Gasteiger partial charge on any atom is 0.220 e. The van der Waals surface area contributed by atoms with E-state index < -0.39 is 49.5 Å². The van der Waals surface area contributed by atoms with Gasteiger partial charge in [0.15, 0.2) is 6.29 Å². The van der Waals surface area contributed by atoms with E-state index in [4.69, 9.17) is 9.47 Å². The van der Waals surface area contributed by atoms with E-state index >= 15 is 0 Å². The summed E-state index contributed by atoms with van der Waals surface area (Å²) in [5.74, 6) is -0.187. The first-order chi connectivity index (χ1) is 31.3. The molecule has 0 saturated carbocycles. The van der Waals surface area contributed by atoms with Crippen molar-refractivity contribution in [3.63, 3.8) is 0 Å². The van der Waals surface area contributed by atoms with Gasteiger partial charge in [0.25, 0.3) is 0 Å². The van der Waals surface area contributed by atoms with Crippen LogP contribution in [0.4, 0.5) is 0 Å². The second kappa shape index (κ2) is 45.2. The largest absolute Gasteiger partial charge is 0.394 e. The summed E-state index contributed by atoms with van der Waals surface area (Å²) in [7, 11) is 0. The predicted molar refractivity (Wildman–Crippen MR) is 267 cm³/mol. The fourth-order valence-corrected chi connectivity index (χ4v) is 8.58. The standard InChI is InChI=1S/C55H103NO8/c1-3-5-7-9-11-13-15-17-19-20-21-22-23-24-25-26-27-28-29-31-33-35-37-39-41-43-45-51(59)56-48(47-63-55-54(62)53(61)52(60)50(46-57)64-55)49(58)44-42-40-38-36-34-32-30-18-16-14-12-10-8-6-4-2/h24-25,34,36,42,44,48-50,52-55,57-58,60-62H,3-23,26-33,35,37-41,43,45-47H2,1-2H3,(H,56,59)/b25-24-,36-34+,44-42+. The van der Waals surface area contributed by atoms with Gasteiger partial charge in [-0.1, -0.05) is 224 Å². The highest BCUT2D eigenvalue weighted by molar-refractivity contribution is 5.76. The van der Waals surface area contributed by atoms with Gasteiger partial charge in [0, 0.05) is 6.42 Å². The van der Waals surface area contributed by atoms with Crippen LogP contribution in [0.1, 0.15) is 251 Å². The number of hydrogen-bond donors (Lipinski definition) is 6. The summed E-state index contributed by atoms with van der Waals surface area (Å²) in [4.78, 5) is 13.0. The fraction of sp³-hybridized carbons (Fsp3) is 0.873. The SMILES string of the molecule is CCCCCCCCCCC/C=C/CC/C=C/C(O)C(COC1OC(CO)C(O)C(O)C1O)NC(=O)CCCCCCCCCCCC/C=C\CCCCCCCCCCCCCC. The Kier molecular flexibility index (Phi) is 42.7. The Hall–Kier alpha value is -1.59. The van der Waals surface area contributed by atoms with Gasteiger partial charge in [0.2, 0.25) is 5.91 Å². The van der Waals surface area contributed by atoms with Crippen LogP contribution in [-0.2, 0) is 14.3 Å². The highest BCUT2D eigenvalue weighted by atomic mass is 16.7. The van der Waals surface area contributed by atoms with Gasteiger partial charge < -0.3 is 40.3 Å². The number of aliphatic hydroxyl groups is 5. The lowest BCUT2D eigenvalue weighted by atomic mass is 9.99. The van der Waals surface area contributed by atoms with Crippen LogP contribution in [0, 0.1) is 0 Å². The van der Waals surface area contributed by atoms with Crippen LogP contribution in [0.25, 0.3) is 0 Å². The number of hydrogen-bond acceptors (Lipinski definition) is 8. The van der Waals surface area contributed by atoms with Crippen LogP contribution in [0.2, 0.25) is 0 Å². The van der Waals surface area contributed by atoms with Crippen molar-refractivity contribution in [2.45, 2.75) is 294 Å². The molecule has 1 fully saturated rings. The van der Waals surface area contributed by atoms with Crippen molar-refractivity contribution in [2.24, 2.45) is 0 Å². The van der Waals surface area contributed by atoms with Crippen molar-refractivity contribution in [1.82, 2.24) is 5.32 Å². The molecule has 0 aromatic heterocycles. The molecule has 0 radical (unpaired) electrons. The molecular weight excluding hydrogens is 803 g/mol. The molecule has 9 nitrogen and oxygen atoms in total. The normalized spacial score (nSPS) is 20.3. The summed E-state index contributed by atoms with van der Waals surface area (Å²) in [6, 6.07) is -0.821. The number of amides is 1. The minimum Gasteiger partial charge on any atom is -0.394 e. The third-order valence-electron chi connectivity index (χ3n) is 12.9. The molecule has 1 rings (SSSR count). The van der Waals surface area contributed by atoms with E-state index in [2.05, 4.69) is 43.5 Å².